The van der Waals surface area contributed by atoms with Gasteiger partial charge in [-0.25, -0.2) is 0 Å². The molecule has 0 aliphatic heterocycles. The Morgan fingerprint density at radius 3 is 2.79 bits per heavy atom. The van der Waals surface area contributed by atoms with E-state index in [1.165, 1.54) is 14.8 Å². The predicted molar refractivity (Wildman–Crippen MR) is 59.6 cm³/mol. The Hall–Kier alpha value is 0.0434. The van der Waals surface area contributed by atoms with Gasteiger partial charge in [0.05, 0.1) is 6.61 Å². The molecule has 0 heterocycles. The molecule has 0 N–H and O–H groups in total. The molecular weight excluding hydrogens is 344 g/mol. The van der Waals surface area contributed by atoms with Gasteiger partial charge < -0.3 is 4.74 Å². The molecule has 2 nitrogen and oxygen atoms in total. The molecular formula is C10H11IO2Zn. The third-order valence-electron chi connectivity index (χ3n) is 1.41. The second-order valence-corrected chi connectivity index (χ2v) is 2.37. The van der Waals surface area contributed by atoms with E-state index < -0.39 is 0 Å². The van der Waals surface area contributed by atoms with Crippen LogP contribution in [0.5, 0.6) is 0 Å². The van der Waals surface area contributed by atoms with Gasteiger partial charge in [0.2, 0.25) is 0 Å². The van der Waals surface area contributed by atoms with Crippen molar-refractivity contribution in [3.63, 3.8) is 0 Å². The zero-order valence-corrected chi connectivity index (χ0v) is 13.2. The number of halogens is 1. The molecule has 0 amide bonds. The number of hydrogen-bond acceptors (Lipinski definition) is 2. The molecule has 0 saturated carbocycles. The second-order valence-electron chi connectivity index (χ2n) is 2.37. The normalized spacial score (nSPS) is 8.57. The van der Waals surface area contributed by atoms with E-state index in [-0.39, 0.29) is 5.97 Å². The molecule has 0 aliphatic rings. The van der Waals surface area contributed by atoms with Crippen LogP contribution in [0.3, 0.4) is 0 Å². The number of carbonyl (C=O) groups is 1. The topological polar surface area (TPSA) is 26.3 Å². The van der Waals surface area contributed by atoms with Gasteiger partial charge in [-0.3, -0.25) is 4.79 Å². The van der Waals surface area contributed by atoms with Gasteiger partial charge in [-0.15, -0.1) is 0 Å². The van der Waals surface area contributed by atoms with E-state index in [9.17, 15) is 4.79 Å². The Bertz CT molecular complexity index is 252. The third kappa shape index (κ3) is 6.49. The molecule has 0 radical (unpaired) electrons. The van der Waals surface area contributed by atoms with Gasteiger partial charge in [-0.1, -0.05) is 0 Å². The Kier molecular flexibility index (Phi) is 9.62. The predicted octanol–water partition coefficient (Wildman–Crippen LogP) is 2.48. The molecule has 1 aromatic rings. The summed E-state index contributed by atoms with van der Waals surface area (Å²) in [6.07, 6.45) is 0.314. The summed E-state index contributed by atoms with van der Waals surface area (Å²) in [5, 5.41) is 0. The molecule has 0 fully saturated rings. The zero-order valence-electron chi connectivity index (χ0n) is 8.13. The minimum atomic E-state index is -0.194. The number of esters is 1. The Labute approximate surface area is 105 Å². The minimum absolute atomic E-state index is 0.194. The van der Waals surface area contributed by atoms with Crippen molar-refractivity contribution in [3.8, 4) is 0 Å². The molecule has 1 rings (SSSR count). The summed E-state index contributed by atoms with van der Waals surface area (Å²) in [4.78, 5) is 11.0. The second kappa shape index (κ2) is 9.59. The van der Waals surface area contributed by atoms with Crippen LogP contribution >= 0.6 is 19.8 Å². The molecule has 0 saturated heterocycles. The van der Waals surface area contributed by atoms with Crippen molar-refractivity contribution in [2.75, 3.05) is 6.61 Å². The van der Waals surface area contributed by atoms with Crippen molar-refractivity contribution in [1.82, 2.24) is 0 Å². The van der Waals surface area contributed by atoms with E-state index in [0.29, 0.717) is 13.0 Å². The summed E-state index contributed by atoms with van der Waals surface area (Å²) < 4.78 is 4.79. The van der Waals surface area contributed by atoms with Gasteiger partial charge in [0.1, 0.15) is 0 Å². The molecule has 72 valence electrons. The molecule has 0 spiro atoms. The monoisotopic (exact) mass is 354 g/mol. The van der Waals surface area contributed by atoms with Gasteiger partial charge in [0.25, 0.3) is 0 Å². The van der Waals surface area contributed by atoms with Gasteiger partial charge in [0, 0.05) is 6.42 Å². The summed E-state index contributed by atoms with van der Waals surface area (Å²) in [6, 6.07) is 10.4. The van der Waals surface area contributed by atoms with E-state index in [0.717, 1.165) is 5.56 Å². The van der Waals surface area contributed by atoms with E-state index in [1.54, 1.807) is 13.0 Å². The van der Waals surface area contributed by atoms with E-state index >= 15 is 0 Å². The van der Waals surface area contributed by atoms with Gasteiger partial charge >= 0.3 is 40.5 Å². The van der Waals surface area contributed by atoms with E-state index in [4.69, 9.17) is 4.74 Å². The molecule has 0 unspecified atom stereocenters. The van der Waals surface area contributed by atoms with Crippen LogP contribution in [0.4, 0.5) is 0 Å². The van der Waals surface area contributed by atoms with Gasteiger partial charge in [-0.2, -0.15) is 35.9 Å². The molecule has 14 heavy (non-hydrogen) atoms. The van der Waals surface area contributed by atoms with Crippen LogP contribution in [0.25, 0.3) is 0 Å². The zero-order chi connectivity index (χ0) is 10.8. The molecule has 4 heteroatoms. The summed E-state index contributed by atoms with van der Waals surface area (Å²) in [5.74, 6) is -0.194. The molecule has 1 aromatic carbocycles. The average Bonchev–Trinajstić information content (AvgIpc) is 2.22. The first-order chi connectivity index (χ1) is 6.83. The number of benzene rings is 1. The SMILES string of the molecule is CCOC(=O)Cc1[c-]cccc1.[Zn+][I]. The first-order valence-electron chi connectivity index (χ1n) is 4.21. The Morgan fingerprint density at radius 1 is 1.57 bits per heavy atom. The number of carbonyl (C=O) groups excluding carboxylic acids is 1. The molecule has 0 aromatic heterocycles. The first-order valence-corrected chi connectivity index (χ1v) is 13.3. The Balaban J connectivity index is 0.000000791. The van der Waals surface area contributed by atoms with E-state index in [1.807, 2.05) is 18.2 Å². The first kappa shape index (κ1) is 14.0. The van der Waals surface area contributed by atoms with Crippen molar-refractivity contribution >= 4 is 25.7 Å². The van der Waals surface area contributed by atoms with Crippen molar-refractivity contribution < 1.29 is 24.3 Å². The van der Waals surface area contributed by atoms with Crippen molar-refractivity contribution in [2.24, 2.45) is 0 Å². The van der Waals surface area contributed by atoms with Gasteiger partial charge in [-0.05, 0) is 6.92 Å². The van der Waals surface area contributed by atoms with Crippen molar-refractivity contribution in [2.45, 2.75) is 13.3 Å². The number of hydrogen-bond donors (Lipinski definition) is 0. The van der Waals surface area contributed by atoms with Crippen LogP contribution in [-0.2, 0) is 30.7 Å². The van der Waals surface area contributed by atoms with Crippen LogP contribution in [0.2, 0.25) is 0 Å². The number of ether oxygens (including phenoxy) is 1. The van der Waals surface area contributed by atoms with Crippen LogP contribution < -0.4 is 0 Å². The molecule has 0 bridgehead atoms. The average molecular weight is 355 g/mol. The van der Waals surface area contributed by atoms with Crippen molar-refractivity contribution in [1.29, 1.82) is 0 Å². The Morgan fingerprint density at radius 2 is 2.29 bits per heavy atom. The fraction of sp³-hybridized carbons (Fsp3) is 0.300. The molecule has 0 aliphatic carbocycles. The summed E-state index contributed by atoms with van der Waals surface area (Å²) in [5.41, 5.74) is 0.871. The quantitative estimate of drug-likeness (QED) is 0.360. The van der Waals surface area contributed by atoms with Crippen LogP contribution in [0.1, 0.15) is 12.5 Å². The third-order valence-corrected chi connectivity index (χ3v) is 1.41. The summed E-state index contributed by atoms with van der Waals surface area (Å²) in [7, 11) is 0. The fourth-order valence-corrected chi connectivity index (χ4v) is 0.908. The maximum absolute atomic E-state index is 11.0. The summed E-state index contributed by atoms with van der Waals surface area (Å²) in [6.45, 7) is 2.23. The standard InChI is InChI=1S/C10H11O2.HI.Zn/c1-2-12-10(11)8-9-6-4-3-5-7-9;;/h3-6H,2,8H2,1H3;1H;/q-1;;+2/p-1. The maximum atomic E-state index is 11.0. The molecule has 0 atom stereocenters. The fourth-order valence-electron chi connectivity index (χ4n) is 0.908. The summed E-state index contributed by atoms with van der Waals surface area (Å²) >= 11 is 3.62. The van der Waals surface area contributed by atoms with Crippen LogP contribution in [0, 0.1) is 6.07 Å². The van der Waals surface area contributed by atoms with Crippen molar-refractivity contribution in [3.05, 3.63) is 35.9 Å². The van der Waals surface area contributed by atoms with E-state index in [2.05, 4.69) is 25.8 Å². The number of rotatable bonds is 3. The van der Waals surface area contributed by atoms with Crippen LogP contribution in [-0.4, -0.2) is 12.6 Å². The van der Waals surface area contributed by atoms with Crippen LogP contribution in [0.15, 0.2) is 24.3 Å². The van der Waals surface area contributed by atoms with Gasteiger partial charge in [0.15, 0.2) is 0 Å².